The molecule has 0 aromatic heterocycles. The molecule has 0 heterocycles. The molecule has 0 radical (unpaired) electrons. The second kappa shape index (κ2) is 6.43. The number of rotatable bonds is 6. The van der Waals surface area contributed by atoms with Crippen LogP contribution < -0.4 is 11.1 Å². The number of nitrogens with one attached hydrogen (secondary N) is 1. The second-order valence-corrected chi connectivity index (χ2v) is 5.15. The average molecular weight is 299 g/mol. The number of hydrogen-bond acceptors (Lipinski definition) is 4. The van der Waals surface area contributed by atoms with Crippen molar-refractivity contribution in [2.24, 2.45) is 5.73 Å². The zero-order valence-corrected chi connectivity index (χ0v) is 12.3. The van der Waals surface area contributed by atoms with Crippen molar-refractivity contribution < 1.29 is 14.3 Å². The van der Waals surface area contributed by atoms with Gasteiger partial charge in [0.25, 0.3) is 0 Å². The number of nitrogens with two attached hydrogens (primary N) is 1. The third-order valence-electron chi connectivity index (χ3n) is 3.49. The van der Waals surface area contributed by atoms with E-state index in [9.17, 15) is 4.79 Å². The van der Waals surface area contributed by atoms with Gasteiger partial charge in [-0.1, -0.05) is 11.6 Å². The van der Waals surface area contributed by atoms with E-state index >= 15 is 0 Å². The topological polar surface area (TPSA) is 73.6 Å². The maximum Gasteiger partial charge on any atom is 0.248 e. The number of methoxy groups -OCH3 is 1. The first kappa shape index (κ1) is 15.1. The first-order valence-electron chi connectivity index (χ1n) is 6.57. The van der Waals surface area contributed by atoms with E-state index in [2.05, 4.69) is 5.32 Å². The first-order chi connectivity index (χ1) is 9.56. The summed E-state index contributed by atoms with van der Waals surface area (Å²) in [5.41, 5.74) is 6.38. The van der Waals surface area contributed by atoms with Gasteiger partial charge in [-0.25, -0.2) is 0 Å². The Balaban J connectivity index is 2.07. The van der Waals surface area contributed by atoms with Gasteiger partial charge in [0.15, 0.2) is 0 Å². The molecular weight excluding hydrogens is 280 g/mol. The zero-order chi connectivity index (χ0) is 14.7. The fourth-order valence-corrected chi connectivity index (χ4v) is 2.58. The Morgan fingerprint density at radius 1 is 1.55 bits per heavy atom. The van der Waals surface area contributed by atoms with Crippen LogP contribution in [0.5, 0.6) is 0 Å². The van der Waals surface area contributed by atoms with Crippen molar-refractivity contribution in [1.29, 1.82) is 0 Å². The van der Waals surface area contributed by atoms with Crippen LogP contribution in [0.4, 0.5) is 5.69 Å². The summed E-state index contributed by atoms with van der Waals surface area (Å²) < 4.78 is 11.0. The predicted octanol–water partition coefficient (Wildman–Crippen LogP) is 2.04. The number of anilines is 1. The van der Waals surface area contributed by atoms with Gasteiger partial charge < -0.3 is 20.5 Å². The molecule has 1 aliphatic carbocycles. The molecule has 20 heavy (non-hydrogen) atoms. The van der Waals surface area contributed by atoms with Crippen molar-refractivity contribution in [2.75, 3.05) is 19.0 Å². The van der Waals surface area contributed by atoms with Crippen molar-refractivity contribution in [3.8, 4) is 0 Å². The summed E-state index contributed by atoms with van der Waals surface area (Å²) in [7, 11) is 1.66. The van der Waals surface area contributed by atoms with E-state index < -0.39 is 5.91 Å². The van der Waals surface area contributed by atoms with Crippen LogP contribution in [0.15, 0.2) is 18.2 Å². The number of carbonyl (C=O) groups is 1. The van der Waals surface area contributed by atoms with Gasteiger partial charge in [0.1, 0.15) is 6.10 Å². The Bertz CT molecular complexity index is 495. The monoisotopic (exact) mass is 298 g/mol. The highest BCUT2D eigenvalue weighted by molar-refractivity contribution is 6.33. The molecule has 6 heteroatoms. The van der Waals surface area contributed by atoms with Crippen LogP contribution in [0, 0.1) is 0 Å². The van der Waals surface area contributed by atoms with Crippen molar-refractivity contribution in [2.45, 2.75) is 31.6 Å². The molecule has 3 N–H and O–H groups in total. The molecule has 1 aromatic rings. The Kier molecular flexibility index (Phi) is 4.86. The van der Waals surface area contributed by atoms with E-state index in [4.69, 9.17) is 26.8 Å². The molecule has 0 bridgehead atoms. The minimum absolute atomic E-state index is 0.0248. The molecule has 0 saturated heterocycles. The Hall–Kier alpha value is -1.30. The highest BCUT2D eigenvalue weighted by Crippen LogP contribution is 2.32. The summed E-state index contributed by atoms with van der Waals surface area (Å²) in [5.74, 6) is -0.478. The van der Waals surface area contributed by atoms with Crippen molar-refractivity contribution in [1.82, 2.24) is 0 Å². The van der Waals surface area contributed by atoms with Gasteiger partial charge in [-0.15, -0.1) is 0 Å². The highest BCUT2D eigenvalue weighted by atomic mass is 35.5. The van der Waals surface area contributed by atoms with E-state index in [-0.39, 0.29) is 18.2 Å². The van der Waals surface area contributed by atoms with Gasteiger partial charge >= 0.3 is 0 Å². The molecule has 3 atom stereocenters. The van der Waals surface area contributed by atoms with Gasteiger partial charge in [0.05, 0.1) is 22.9 Å². The van der Waals surface area contributed by atoms with Crippen LogP contribution in [0.2, 0.25) is 5.02 Å². The van der Waals surface area contributed by atoms with Crippen LogP contribution >= 0.6 is 11.6 Å². The quantitative estimate of drug-likeness (QED) is 0.843. The summed E-state index contributed by atoms with van der Waals surface area (Å²) in [6, 6.07) is 5.03. The molecule has 1 saturated carbocycles. The van der Waals surface area contributed by atoms with Crippen molar-refractivity contribution >= 4 is 23.2 Å². The second-order valence-electron chi connectivity index (χ2n) is 4.74. The maximum absolute atomic E-state index is 11.2. The van der Waals surface area contributed by atoms with E-state index in [1.54, 1.807) is 25.3 Å². The van der Waals surface area contributed by atoms with Gasteiger partial charge in [-0.2, -0.15) is 0 Å². The molecular formula is C14H19ClN2O3. The molecule has 5 nitrogen and oxygen atoms in total. The van der Waals surface area contributed by atoms with Crippen LogP contribution in [-0.2, 0) is 9.47 Å². The Labute approximate surface area is 123 Å². The van der Waals surface area contributed by atoms with E-state index in [0.29, 0.717) is 22.9 Å². The van der Waals surface area contributed by atoms with Crippen LogP contribution in [-0.4, -0.2) is 37.9 Å². The zero-order valence-electron chi connectivity index (χ0n) is 11.6. The molecule has 1 amide bonds. The lowest BCUT2D eigenvalue weighted by molar-refractivity contribution is -0.118. The molecule has 110 valence electrons. The summed E-state index contributed by atoms with van der Waals surface area (Å²) in [4.78, 5) is 11.2. The largest absolute Gasteiger partial charge is 0.378 e. The normalized spacial score (nSPS) is 25.1. The molecule has 3 unspecified atom stereocenters. The lowest BCUT2D eigenvalue weighted by Crippen LogP contribution is -2.56. The minimum atomic E-state index is -0.478. The number of primary amides is 1. The third kappa shape index (κ3) is 3.06. The Morgan fingerprint density at radius 3 is 2.90 bits per heavy atom. The summed E-state index contributed by atoms with van der Waals surface area (Å²) in [6.45, 7) is 2.62. The van der Waals surface area contributed by atoms with E-state index in [1.807, 2.05) is 6.92 Å². The Morgan fingerprint density at radius 2 is 2.30 bits per heavy atom. The van der Waals surface area contributed by atoms with Gasteiger partial charge in [0, 0.05) is 19.3 Å². The number of halogens is 1. The smallest absolute Gasteiger partial charge is 0.248 e. The standard InChI is InChI=1S/C14H19ClN2O3/c1-3-20-12-7-11(13(12)19-2)17-10-6-8(14(16)18)4-5-9(10)15/h4-6,11-13,17H,3,7H2,1-2H3,(H2,16,18). The van der Waals surface area contributed by atoms with Gasteiger partial charge in [-0.3, -0.25) is 4.79 Å². The van der Waals surface area contributed by atoms with Crippen LogP contribution in [0.3, 0.4) is 0 Å². The molecule has 0 spiro atoms. The molecule has 1 fully saturated rings. The molecule has 1 aromatic carbocycles. The number of ether oxygens (including phenoxy) is 2. The fraction of sp³-hybridized carbons (Fsp3) is 0.500. The van der Waals surface area contributed by atoms with E-state index in [0.717, 1.165) is 6.42 Å². The summed E-state index contributed by atoms with van der Waals surface area (Å²) in [6.07, 6.45) is 0.910. The lowest BCUT2D eigenvalue weighted by Gasteiger charge is -2.43. The number of carbonyl (C=O) groups excluding carboxylic acids is 1. The van der Waals surface area contributed by atoms with Gasteiger partial charge in [-0.05, 0) is 31.5 Å². The van der Waals surface area contributed by atoms with Crippen LogP contribution in [0.1, 0.15) is 23.7 Å². The fourth-order valence-electron chi connectivity index (χ4n) is 2.40. The summed E-state index contributed by atoms with van der Waals surface area (Å²) >= 11 is 6.13. The number of benzene rings is 1. The summed E-state index contributed by atoms with van der Waals surface area (Å²) in [5, 5.41) is 3.83. The van der Waals surface area contributed by atoms with E-state index in [1.165, 1.54) is 0 Å². The predicted molar refractivity (Wildman–Crippen MR) is 78.2 cm³/mol. The average Bonchev–Trinajstić information content (AvgIpc) is 2.39. The van der Waals surface area contributed by atoms with Gasteiger partial charge in [0.2, 0.25) is 5.91 Å². The lowest BCUT2D eigenvalue weighted by atomic mass is 9.85. The van der Waals surface area contributed by atoms with Crippen molar-refractivity contribution in [3.63, 3.8) is 0 Å². The first-order valence-corrected chi connectivity index (χ1v) is 6.95. The third-order valence-corrected chi connectivity index (χ3v) is 3.82. The SMILES string of the molecule is CCOC1CC(Nc2cc(C(N)=O)ccc2Cl)C1OC. The number of amides is 1. The minimum Gasteiger partial charge on any atom is -0.378 e. The molecule has 1 aliphatic rings. The molecule has 2 rings (SSSR count). The van der Waals surface area contributed by atoms with Crippen LogP contribution in [0.25, 0.3) is 0 Å². The molecule has 0 aliphatic heterocycles. The number of hydrogen-bond donors (Lipinski definition) is 2. The highest BCUT2D eigenvalue weighted by Gasteiger charge is 2.42. The maximum atomic E-state index is 11.2. The van der Waals surface area contributed by atoms with Crippen molar-refractivity contribution in [3.05, 3.63) is 28.8 Å².